The van der Waals surface area contributed by atoms with Crippen molar-refractivity contribution in [3.8, 4) is 112 Å². The molecule has 2 aliphatic heterocycles. The zero-order valence-corrected chi connectivity index (χ0v) is 68.7. The van der Waals surface area contributed by atoms with Gasteiger partial charge in [-0.3, -0.25) is 0 Å². The van der Waals surface area contributed by atoms with Crippen LogP contribution in [0.1, 0.15) is 52.7 Å². The first-order valence-corrected chi connectivity index (χ1v) is 42.4. The van der Waals surface area contributed by atoms with Gasteiger partial charge in [0.25, 0.3) is 6.71 Å². The van der Waals surface area contributed by atoms with Gasteiger partial charge in [-0.1, -0.05) is 351 Å². The van der Waals surface area contributed by atoms with Crippen LogP contribution in [-0.4, -0.2) is 15.8 Å². The van der Waals surface area contributed by atoms with Crippen LogP contribution >= 0.6 is 0 Å². The molecule has 5 heteroatoms. The van der Waals surface area contributed by atoms with E-state index in [0.29, 0.717) is 0 Å². The predicted molar refractivity (Wildman–Crippen MR) is 515 cm³/mol. The molecule has 0 radical (unpaired) electrons. The summed E-state index contributed by atoms with van der Waals surface area (Å²) in [5, 5.41) is 4.82. The fourth-order valence-electron chi connectivity index (χ4n) is 19.4. The van der Waals surface area contributed by atoms with E-state index in [1.54, 1.807) is 0 Å². The van der Waals surface area contributed by atoms with Crippen LogP contribution in [0.15, 0.2) is 419 Å². The summed E-state index contributed by atoms with van der Waals surface area (Å²) in [7, 11) is 0. The summed E-state index contributed by atoms with van der Waals surface area (Å²) in [6.45, 7) is 13.9. The number of para-hydroxylation sites is 4. The predicted octanol–water partition coefficient (Wildman–Crippen LogP) is 29.6. The molecule has 0 saturated carbocycles. The largest absolute Gasteiger partial charge is 0.310 e. The molecule has 0 saturated heterocycles. The Balaban J connectivity index is 0.910. The van der Waals surface area contributed by atoms with E-state index in [-0.39, 0.29) is 17.5 Å². The second-order valence-corrected chi connectivity index (χ2v) is 34.8. The van der Waals surface area contributed by atoms with Gasteiger partial charge >= 0.3 is 0 Å². The van der Waals surface area contributed by atoms with Gasteiger partial charge in [0.1, 0.15) is 0 Å². The molecule has 0 spiro atoms. The molecule has 2 aromatic heterocycles. The molecule has 574 valence electrons. The van der Waals surface area contributed by atoms with Crippen LogP contribution in [-0.2, 0) is 10.8 Å². The van der Waals surface area contributed by atoms with E-state index in [1.807, 2.05) is 0 Å². The number of fused-ring (bicyclic) bond motifs is 10. The van der Waals surface area contributed by atoms with Gasteiger partial charge in [0.15, 0.2) is 0 Å². The molecule has 18 aromatic carbocycles. The second kappa shape index (κ2) is 29.1. The highest BCUT2D eigenvalue weighted by Crippen LogP contribution is 2.57. The van der Waals surface area contributed by atoms with Crippen LogP contribution in [0.2, 0.25) is 0 Å². The lowest BCUT2D eigenvalue weighted by atomic mass is 9.33. The van der Waals surface area contributed by atoms with Crippen molar-refractivity contribution in [1.82, 2.24) is 9.13 Å². The van der Waals surface area contributed by atoms with Gasteiger partial charge in [-0.2, -0.15) is 0 Å². The third-order valence-electron chi connectivity index (χ3n) is 25.3. The van der Waals surface area contributed by atoms with Gasteiger partial charge in [-0.05, 0) is 225 Å². The molecule has 0 aliphatic carbocycles. The highest BCUT2D eigenvalue weighted by molar-refractivity contribution is 7.00. The van der Waals surface area contributed by atoms with E-state index < -0.39 is 0 Å². The van der Waals surface area contributed by atoms with E-state index >= 15 is 0 Å². The minimum absolute atomic E-state index is 0.198. The molecule has 0 fully saturated rings. The molecule has 0 bridgehead atoms. The summed E-state index contributed by atoms with van der Waals surface area (Å²) in [6.07, 6.45) is 0. The normalized spacial score (nSPS) is 12.5. The van der Waals surface area contributed by atoms with Gasteiger partial charge in [-0.15, -0.1) is 0 Å². The smallest absolute Gasteiger partial charge is 0.252 e. The topological polar surface area (TPSA) is 16.3 Å². The van der Waals surface area contributed by atoms with Crippen LogP contribution in [0.3, 0.4) is 0 Å². The summed E-state index contributed by atoms with van der Waals surface area (Å²) in [5.41, 5.74) is 39.6. The van der Waals surface area contributed by atoms with E-state index in [0.717, 1.165) is 157 Å². The van der Waals surface area contributed by atoms with Gasteiger partial charge in [0.05, 0.1) is 33.4 Å². The minimum atomic E-state index is -0.309. The van der Waals surface area contributed by atoms with Crippen molar-refractivity contribution in [1.29, 1.82) is 0 Å². The van der Waals surface area contributed by atoms with E-state index in [2.05, 4.69) is 479 Å². The van der Waals surface area contributed by atoms with Crippen LogP contribution in [0.25, 0.3) is 155 Å². The Morgan fingerprint density at radius 1 is 0.198 bits per heavy atom. The van der Waals surface area contributed by atoms with Crippen molar-refractivity contribution in [2.75, 3.05) is 9.80 Å². The summed E-state index contributed by atoms with van der Waals surface area (Å²) < 4.78 is 4.85. The molecule has 4 heterocycles. The van der Waals surface area contributed by atoms with E-state index in [9.17, 15) is 0 Å². The molecule has 0 N–H and O–H groups in total. The van der Waals surface area contributed by atoms with Gasteiger partial charge in [0.2, 0.25) is 0 Å². The van der Waals surface area contributed by atoms with Crippen molar-refractivity contribution in [2.24, 2.45) is 0 Å². The molecule has 2 aliphatic rings. The Kier molecular flexibility index (Phi) is 17.5. The van der Waals surface area contributed by atoms with Crippen molar-refractivity contribution >= 4 is 101 Å². The number of anilines is 6. The summed E-state index contributed by atoms with van der Waals surface area (Å²) in [6, 6.07) is 158. The summed E-state index contributed by atoms with van der Waals surface area (Å²) >= 11 is 0. The number of hydrogen-bond acceptors (Lipinski definition) is 2. The Morgan fingerprint density at radius 3 is 0.818 bits per heavy atom. The highest BCUT2D eigenvalue weighted by atomic mass is 15.2. The minimum Gasteiger partial charge on any atom is -0.310 e. The number of benzene rings is 18. The SMILES string of the molecule is CC(C)(C)c1cc(-c2cc3c4c(c2)N(c2c(-c5ccccc5)cc(-c5ccccc5)cc2-c2ccccc2)c2cc(-c5ccc6c(c5)c5ccccc5n6-c5ccccc5)ccc2B4c2ccc(-c4ccc5c(c4)c4ccccc4n5-c4ccccc4)cc2N3c2c(-c3ccccc3)cc(-c3ccccc3)cc2-c2ccccc2)cc(C(C)(C)C)c1. The molecule has 121 heavy (non-hydrogen) atoms. The molecule has 0 amide bonds. The first-order valence-electron chi connectivity index (χ1n) is 42.4. The van der Waals surface area contributed by atoms with Crippen molar-refractivity contribution in [2.45, 2.75) is 52.4 Å². The van der Waals surface area contributed by atoms with Gasteiger partial charge < -0.3 is 18.9 Å². The van der Waals surface area contributed by atoms with Crippen LogP contribution in [0.5, 0.6) is 0 Å². The number of aromatic nitrogens is 2. The lowest BCUT2D eigenvalue weighted by Crippen LogP contribution is -2.61. The molecular formula is C116H87BN4. The molecule has 20 aromatic rings. The average molecular weight is 1550 g/mol. The third-order valence-corrected chi connectivity index (χ3v) is 25.3. The summed E-state index contributed by atoms with van der Waals surface area (Å²) in [5.74, 6) is 0. The molecular weight excluding hydrogens is 1460 g/mol. The standard InChI is InChI=1S/C116H87BN4/c1-115(2,3)90-63-86(64-91(75-90)116(4,5)6)89-73-110-112-111(74-89)121(114-98(80-43-23-11-24-44-80)69-88(77-37-17-8-18-38-77)70-99(114)81-45-25-12-26-46-81)109-72-85(83-58-62-107-101(66-83)95-52-32-34-54-105(95)119(107)93-49-29-14-30-50-93)56-60-103(109)117(112)102-59-55-84(82-57-61-106-100(65-82)94-51-31-33-53-104(94)118(106)92-47-27-13-28-48-92)71-108(102)120(110)113-96(78-39-19-9-20-40-78)67-87(76-35-15-7-16-36-76)68-97(113)79-41-21-10-22-42-79/h7-75H,1-6H3. The number of hydrogen-bond donors (Lipinski definition) is 0. The van der Waals surface area contributed by atoms with E-state index in [4.69, 9.17) is 0 Å². The van der Waals surface area contributed by atoms with E-state index in [1.165, 1.54) is 60.1 Å². The van der Waals surface area contributed by atoms with Gasteiger partial charge in [-0.25, -0.2) is 0 Å². The third kappa shape index (κ3) is 12.5. The van der Waals surface area contributed by atoms with Gasteiger partial charge in [0, 0.05) is 77.9 Å². The quantitative estimate of drug-likeness (QED) is 0.107. The molecule has 0 atom stereocenters. The lowest BCUT2D eigenvalue weighted by Gasteiger charge is -2.46. The second-order valence-electron chi connectivity index (χ2n) is 34.8. The van der Waals surface area contributed by atoms with Crippen molar-refractivity contribution in [3.05, 3.63) is 430 Å². The number of rotatable bonds is 13. The maximum Gasteiger partial charge on any atom is 0.252 e. The first kappa shape index (κ1) is 72.7. The molecule has 22 rings (SSSR count). The fraction of sp³-hybridized carbons (Fsp3) is 0.0690. The van der Waals surface area contributed by atoms with Crippen LogP contribution in [0, 0.1) is 0 Å². The number of nitrogens with zero attached hydrogens (tertiary/aromatic N) is 4. The van der Waals surface area contributed by atoms with Crippen LogP contribution in [0.4, 0.5) is 34.1 Å². The first-order chi connectivity index (χ1) is 59.3. The fourth-order valence-corrected chi connectivity index (χ4v) is 19.4. The monoisotopic (exact) mass is 1550 g/mol. The lowest BCUT2D eigenvalue weighted by molar-refractivity contribution is 0.569. The maximum atomic E-state index is 2.74. The Bertz CT molecular complexity index is 6870. The highest BCUT2D eigenvalue weighted by Gasteiger charge is 2.46. The maximum absolute atomic E-state index is 2.74. The van der Waals surface area contributed by atoms with Crippen molar-refractivity contribution < 1.29 is 0 Å². The van der Waals surface area contributed by atoms with Crippen molar-refractivity contribution in [3.63, 3.8) is 0 Å². The Labute approximate surface area is 708 Å². The summed E-state index contributed by atoms with van der Waals surface area (Å²) in [4.78, 5) is 5.48. The Morgan fingerprint density at radius 2 is 0.471 bits per heavy atom. The molecule has 4 nitrogen and oxygen atoms in total. The zero-order valence-electron chi connectivity index (χ0n) is 68.7. The molecule has 0 unspecified atom stereocenters. The van der Waals surface area contributed by atoms with Crippen LogP contribution < -0.4 is 26.2 Å². The Hall–Kier alpha value is -14.8. The average Bonchev–Trinajstić information content (AvgIpc) is 1.28. The zero-order chi connectivity index (χ0) is 81.2.